The van der Waals surface area contributed by atoms with Crippen molar-refractivity contribution in [2.45, 2.75) is 45.1 Å². The van der Waals surface area contributed by atoms with Crippen molar-refractivity contribution < 1.29 is 19.5 Å². The maximum atomic E-state index is 9.50. The molecule has 1 aromatic carbocycles. The maximum Gasteiger partial charge on any atom is 0.492 e. The molecule has 0 spiro atoms. The predicted molar refractivity (Wildman–Crippen MR) is 79.5 cm³/mol. The van der Waals surface area contributed by atoms with Gasteiger partial charge in [-0.1, -0.05) is 13.3 Å². The molecule has 2 rings (SSSR count). The summed E-state index contributed by atoms with van der Waals surface area (Å²) in [6, 6.07) is 5.16. The SMILES string of the molecule is CCC1CCCCC1Oc1ccc(OC)cc1B(O)O. The van der Waals surface area contributed by atoms with E-state index < -0.39 is 7.12 Å². The zero-order chi connectivity index (χ0) is 14.5. The van der Waals surface area contributed by atoms with E-state index in [0.29, 0.717) is 22.9 Å². The molecule has 0 aliphatic heterocycles. The Balaban J connectivity index is 2.19. The molecule has 2 unspecified atom stereocenters. The van der Waals surface area contributed by atoms with E-state index in [1.165, 1.54) is 19.3 Å². The van der Waals surface area contributed by atoms with E-state index in [4.69, 9.17) is 9.47 Å². The standard InChI is InChI=1S/C15H23BO4/c1-3-11-6-4-5-7-14(11)20-15-9-8-12(19-2)10-13(15)16(17)18/h8-11,14,17-18H,3-7H2,1-2H3. The molecule has 1 aromatic rings. The Labute approximate surface area is 120 Å². The second kappa shape index (κ2) is 7.00. The van der Waals surface area contributed by atoms with Crippen molar-refractivity contribution in [1.82, 2.24) is 0 Å². The van der Waals surface area contributed by atoms with Crippen LogP contribution in [0.25, 0.3) is 0 Å². The number of hydrogen-bond acceptors (Lipinski definition) is 4. The summed E-state index contributed by atoms with van der Waals surface area (Å²) in [6.07, 6.45) is 5.92. The molecule has 5 heteroatoms. The Morgan fingerprint density at radius 2 is 2.00 bits per heavy atom. The summed E-state index contributed by atoms with van der Waals surface area (Å²) in [6.45, 7) is 2.18. The van der Waals surface area contributed by atoms with Gasteiger partial charge in [0.25, 0.3) is 0 Å². The van der Waals surface area contributed by atoms with Crippen LogP contribution in [0.15, 0.2) is 18.2 Å². The van der Waals surface area contributed by atoms with Crippen LogP contribution in [0.4, 0.5) is 0 Å². The second-order valence-corrected chi connectivity index (χ2v) is 5.39. The molecular formula is C15H23BO4. The summed E-state index contributed by atoms with van der Waals surface area (Å²) in [5.41, 5.74) is 0.366. The number of ether oxygens (including phenoxy) is 2. The minimum atomic E-state index is -1.55. The minimum Gasteiger partial charge on any atom is -0.497 e. The highest BCUT2D eigenvalue weighted by molar-refractivity contribution is 6.59. The molecule has 0 amide bonds. The molecule has 0 bridgehead atoms. The smallest absolute Gasteiger partial charge is 0.492 e. The van der Waals surface area contributed by atoms with Crippen LogP contribution in [-0.2, 0) is 0 Å². The zero-order valence-corrected chi connectivity index (χ0v) is 12.2. The average Bonchev–Trinajstić information content (AvgIpc) is 2.48. The fourth-order valence-corrected chi connectivity index (χ4v) is 2.92. The van der Waals surface area contributed by atoms with Crippen molar-refractivity contribution in [3.8, 4) is 11.5 Å². The average molecular weight is 278 g/mol. The summed E-state index contributed by atoms with van der Waals surface area (Å²) in [5, 5.41) is 19.0. The van der Waals surface area contributed by atoms with Crippen LogP contribution in [0.1, 0.15) is 39.0 Å². The number of hydrogen-bond donors (Lipinski definition) is 2. The lowest BCUT2D eigenvalue weighted by Crippen LogP contribution is -2.36. The molecule has 20 heavy (non-hydrogen) atoms. The largest absolute Gasteiger partial charge is 0.497 e. The normalized spacial score (nSPS) is 22.4. The Morgan fingerprint density at radius 3 is 2.65 bits per heavy atom. The molecule has 0 saturated heterocycles. The molecule has 1 aliphatic carbocycles. The number of benzene rings is 1. The van der Waals surface area contributed by atoms with Crippen LogP contribution in [0, 0.1) is 5.92 Å². The molecule has 0 aromatic heterocycles. The second-order valence-electron chi connectivity index (χ2n) is 5.39. The van der Waals surface area contributed by atoms with E-state index in [9.17, 15) is 10.0 Å². The first-order valence-electron chi connectivity index (χ1n) is 7.36. The fourth-order valence-electron chi connectivity index (χ4n) is 2.92. The first-order chi connectivity index (χ1) is 9.65. The van der Waals surface area contributed by atoms with Crippen LogP contribution >= 0.6 is 0 Å². The Bertz CT molecular complexity index is 436. The lowest BCUT2D eigenvalue weighted by Gasteiger charge is -2.32. The van der Waals surface area contributed by atoms with Crippen molar-refractivity contribution in [2.75, 3.05) is 7.11 Å². The summed E-state index contributed by atoms with van der Waals surface area (Å²) < 4.78 is 11.2. The van der Waals surface area contributed by atoms with E-state index in [1.54, 1.807) is 25.3 Å². The Hall–Kier alpha value is -1.20. The monoisotopic (exact) mass is 278 g/mol. The molecule has 1 saturated carbocycles. The molecule has 2 N–H and O–H groups in total. The zero-order valence-electron chi connectivity index (χ0n) is 12.2. The molecule has 0 heterocycles. The summed E-state index contributed by atoms with van der Waals surface area (Å²) in [7, 11) is 0.00116. The van der Waals surface area contributed by atoms with Gasteiger partial charge >= 0.3 is 7.12 Å². The van der Waals surface area contributed by atoms with Crippen molar-refractivity contribution in [2.24, 2.45) is 5.92 Å². The maximum absolute atomic E-state index is 9.50. The van der Waals surface area contributed by atoms with Gasteiger partial charge in [0.1, 0.15) is 17.6 Å². The predicted octanol–water partition coefficient (Wildman–Crippen LogP) is 1.72. The van der Waals surface area contributed by atoms with E-state index in [-0.39, 0.29) is 6.10 Å². The molecule has 4 nitrogen and oxygen atoms in total. The summed E-state index contributed by atoms with van der Waals surface area (Å²) >= 11 is 0. The Morgan fingerprint density at radius 1 is 1.25 bits per heavy atom. The molecule has 2 atom stereocenters. The van der Waals surface area contributed by atoms with E-state index in [0.717, 1.165) is 12.8 Å². The van der Waals surface area contributed by atoms with Gasteiger partial charge in [-0.05, 0) is 49.8 Å². The number of methoxy groups -OCH3 is 1. The highest BCUT2D eigenvalue weighted by Crippen LogP contribution is 2.30. The van der Waals surface area contributed by atoms with Crippen LogP contribution in [-0.4, -0.2) is 30.4 Å². The van der Waals surface area contributed by atoms with Gasteiger partial charge in [0.2, 0.25) is 0 Å². The molecule has 1 aliphatic rings. The molecule has 0 radical (unpaired) electrons. The van der Waals surface area contributed by atoms with Crippen molar-refractivity contribution in [3.63, 3.8) is 0 Å². The van der Waals surface area contributed by atoms with E-state index >= 15 is 0 Å². The quantitative estimate of drug-likeness (QED) is 0.805. The van der Waals surface area contributed by atoms with Gasteiger partial charge in [-0.2, -0.15) is 0 Å². The highest BCUT2D eigenvalue weighted by atomic mass is 16.5. The minimum absolute atomic E-state index is 0.166. The van der Waals surface area contributed by atoms with Crippen LogP contribution in [0.2, 0.25) is 0 Å². The first-order valence-corrected chi connectivity index (χ1v) is 7.36. The van der Waals surface area contributed by atoms with E-state index in [2.05, 4.69) is 6.92 Å². The summed E-state index contributed by atoms with van der Waals surface area (Å²) in [4.78, 5) is 0. The van der Waals surface area contributed by atoms with Gasteiger partial charge in [0.05, 0.1) is 7.11 Å². The molecular weight excluding hydrogens is 255 g/mol. The number of rotatable bonds is 5. The van der Waals surface area contributed by atoms with Gasteiger partial charge < -0.3 is 19.5 Å². The Kier molecular flexibility index (Phi) is 5.32. The van der Waals surface area contributed by atoms with Gasteiger partial charge in [-0.25, -0.2) is 0 Å². The van der Waals surface area contributed by atoms with Gasteiger partial charge in [0, 0.05) is 5.46 Å². The van der Waals surface area contributed by atoms with Crippen molar-refractivity contribution in [3.05, 3.63) is 18.2 Å². The van der Waals surface area contributed by atoms with Crippen molar-refractivity contribution in [1.29, 1.82) is 0 Å². The fraction of sp³-hybridized carbons (Fsp3) is 0.600. The molecule has 1 fully saturated rings. The molecule has 110 valence electrons. The van der Waals surface area contributed by atoms with Gasteiger partial charge in [-0.3, -0.25) is 0 Å². The van der Waals surface area contributed by atoms with E-state index in [1.807, 2.05) is 0 Å². The van der Waals surface area contributed by atoms with Gasteiger partial charge in [0.15, 0.2) is 0 Å². The lowest BCUT2D eigenvalue weighted by molar-refractivity contribution is 0.0911. The first kappa shape index (κ1) is 15.2. The van der Waals surface area contributed by atoms with Crippen molar-refractivity contribution >= 4 is 12.6 Å². The third-order valence-electron chi connectivity index (χ3n) is 4.14. The topological polar surface area (TPSA) is 58.9 Å². The third kappa shape index (κ3) is 3.47. The highest BCUT2D eigenvalue weighted by Gasteiger charge is 2.27. The van der Waals surface area contributed by atoms with Crippen LogP contribution < -0.4 is 14.9 Å². The lowest BCUT2D eigenvalue weighted by atomic mass is 9.79. The summed E-state index contributed by atoms with van der Waals surface area (Å²) in [5.74, 6) is 1.69. The third-order valence-corrected chi connectivity index (χ3v) is 4.14. The van der Waals surface area contributed by atoms with Crippen LogP contribution in [0.3, 0.4) is 0 Å². The van der Waals surface area contributed by atoms with Gasteiger partial charge in [-0.15, -0.1) is 0 Å². The van der Waals surface area contributed by atoms with Crippen LogP contribution in [0.5, 0.6) is 11.5 Å².